The molecular weight excluding hydrogens is 939 g/mol. The number of imidazole rings is 1. The first kappa shape index (κ1) is 42.3. The van der Waals surface area contributed by atoms with E-state index in [2.05, 4.69) is 160 Å². The van der Waals surface area contributed by atoms with E-state index in [0.717, 1.165) is 67.2 Å². The number of para-hydroxylation sites is 3. The van der Waals surface area contributed by atoms with E-state index in [4.69, 9.17) is 14.4 Å². The molecule has 10 rings (SSSR count). The average Bonchev–Trinajstić information content (AvgIpc) is 4.01. The number of benzene rings is 6. The predicted octanol–water partition coefficient (Wildman–Crippen LogP) is 14.2. The molecule has 6 aromatic carbocycles. The van der Waals surface area contributed by atoms with Crippen molar-refractivity contribution in [1.82, 2.24) is 14.5 Å². The van der Waals surface area contributed by atoms with Gasteiger partial charge in [-0.1, -0.05) is 155 Å². The average molecular weight is 992 g/mol. The molecule has 1 aliphatic carbocycles. The Hall–Kier alpha value is -5.39. The van der Waals surface area contributed by atoms with Crippen LogP contribution in [0.25, 0.3) is 72.4 Å². The van der Waals surface area contributed by atoms with Crippen LogP contribution >= 0.6 is 0 Å². The summed E-state index contributed by atoms with van der Waals surface area (Å²) in [4.78, 5) is 9.91. The van der Waals surface area contributed by atoms with Gasteiger partial charge < -0.3 is 14.0 Å². The molecule has 0 amide bonds. The molecule has 0 bridgehead atoms. The van der Waals surface area contributed by atoms with Gasteiger partial charge in [0.15, 0.2) is 0 Å². The molecule has 1 radical (unpaired) electrons. The van der Waals surface area contributed by atoms with Crippen molar-refractivity contribution in [3.63, 3.8) is 0 Å². The van der Waals surface area contributed by atoms with Crippen LogP contribution in [0.4, 0.5) is 0 Å². The van der Waals surface area contributed by atoms with Crippen molar-refractivity contribution >= 4 is 46.2 Å². The van der Waals surface area contributed by atoms with Crippen molar-refractivity contribution in [1.29, 1.82) is 0 Å². The summed E-state index contributed by atoms with van der Waals surface area (Å²) in [6.07, 6.45) is 9.03. The zero-order valence-electron chi connectivity index (χ0n) is 36.1. The Balaban J connectivity index is 0.000000191. The fraction of sp³-hybridized carbons (Fsp3) is 0.236. The minimum absolute atomic E-state index is 0. The van der Waals surface area contributed by atoms with Gasteiger partial charge in [0.05, 0.1) is 30.5 Å². The third kappa shape index (κ3) is 8.72. The Kier molecular flexibility index (Phi) is 12.2. The predicted molar refractivity (Wildman–Crippen MR) is 254 cm³/mol. The third-order valence-corrected chi connectivity index (χ3v) is 14.1. The van der Waals surface area contributed by atoms with Crippen molar-refractivity contribution < 1.29 is 24.5 Å². The fourth-order valence-corrected chi connectivity index (χ4v) is 10.5. The molecule has 6 heteroatoms. The molecule has 4 nitrogen and oxygen atoms in total. The number of hydrogen-bond acceptors (Lipinski definition) is 3. The van der Waals surface area contributed by atoms with Crippen molar-refractivity contribution in [3.8, 4) is 39.5 Å². The number of hydrogen-bond donors (Lipinski definition) is 0. The minimum atomic E-state index is -1.35. The largest absolute Gasteiger partial charge is 0.501 e. The van der Waals surface area contributed by atoms with Crippen LogP contribution in [-0.4, -0.2) is 22.6 Å². The first-order valence-electron chi connectivity index (χ1n) is 21.5. The van der Waals surface area contributed by atoms with Crippen molar-refractivity contribution in [2.75, 3.05) is 0 Å². The molecule has 1 aliphatic rings. The van der Waals surface area contributed by atoms with Gasteiger partial charge in [0.25, 0.3) is 0 Å². The monoisotopic (exact) mass is 992 g/mol. The third-order valence-electron chi connectivity index (χ3n) is 12.1. The number of fused-ring (bicyclic) bond motifs is 4. The minimum Gasteiger partial charge on any atom is -0.501 e. The Morgan fingerprint density at radius 2 is 1.49 bits per heavy atom. The molecule has 0 spiro atoms. The van der Waals surface area contributed by atoms with Crippen LogP contribution in [0, 0.1) is 18.1 Å². The van der Waals surface area contributed by atoms with Gasteiger partial charge >= 0.3 is 0 Å². The summed E-state index contributed by atoms with van der Waals surface area (Å²) in [7, 11) is -1.35. The van der Waals surface area contributed by atoms with Crippen molar-refractivity contribution in [3.05, 3.63) is 169 Å². The Morgan fingerprint density at radius 3 is 2.25 bits per heavy atom. The summed E-state index contributed by atoms with van der Waals surface area (Å²) < 4.78 is 8.69. The SMILES string of the molecule is CC(C)(C)c1ccc(-n2c(-c3[c-]ccc4c3oc3ccccc34)nc3ccccc32)c(-c2ccccc2)c1.C[Si](C)(C)c1cnc(-c2[c-]cccc2)cc1CC1CCCC1.[Ir]. The molecular formula is C55H53IrN3OSi-2. The maximum Gasteiger partial charge on any atom is 0.120 e. The van der Waals surface area contributed by atoms with Crippen LogP contribution in [0.1, 0.15) is 57.6 Å². The van der Waals surface area contributed by atoms with Crippen LogP contribution < -0.4 is 5.19 Å². The Morgan fingerprint density at radius 1 is 0.754 bits per heavy atom. The molecule has 1 fully saturated rings. The molecule has 0 unspecified atom stereocenters. The van der Waals surface area contributed by atoms with E-state index in [9.17, 15) is 0 Å². The molecule has 309 valence electrons. The van der Waals surface area contributed by atoms with E-state index >= 15 is 0 Å². The molecule has 3 aromatic heterocycles. The number of aromatic nitrogens is 3. The summed E-state index contributed by atoms with van der Waals surface area (Å²) in [5, 5.41) is 3.71. The van der Waals surface area contributed by atoms with Crippen LogP contribution in [0.5, 0.6) is 0 Å². The van der Waals surface area contributed by atoms with E-state index in [1.165, 1.54) is 48.8 Å². The standard InChI is InChI=1S/C35H27N2O.C20H26NSi.Ir/c1-35(2,3)24-20-21-30(28(22-24)23-12-5-4-6-13-23)37-31-18-9-8-17-29(31)36-34(37)27-16-11-15-26-25-14-7-10-19-32(25)38-33(26)27;1-22(2,3)20-15-21-19(17-11-5-4-6-12-17)14-18(20)13-16-9-7-8-10-16;/h4-15,17-22H,1-3H3;4-6,11,14-16H,7-10,13H2,1-3H3;/q2*-1;. The summed E-state index contributed by atoms with van der Waals surface area (Å²) in [5.41, 5.74) is 13.0. The van der Waals surface area contributed by atoms with Gasteiger partial charge in [0.1, 0.15) is 5.58 Å². The van der Waals surface area contributed by atoms with E-state index in [1.807, 2.05) is 42.5 Å². The number of furan rings is 1. The molecule has 9 aromatic rings. The summed E-state index contributed by atoms with van der Waals surface area (Å²) in [6.45, 7) is 14.0. The molecule has 3 heterocycles. The van der Waals surface area contributed by atoms with E-state index in [-0.39, 0.29) is 25.5 Å². The number of nitrogens with zero attached hydrogens (tertiary/aromatic N) is 3. The van der Waals surface area contributed by atoms with Crippen LogP contribution in [0.15, 0.2) is 150 Å². The number of rotatable bonds is 7. The molecule has 0 aliphatic heterocycles. The molecule has 0 atom stereocenters. The van der Waals surface area contributed by atoms with Gasteiger partial charge in [-0.05, 0) is 70.1 Å². The second-order valence-corrected chi connectivity index (χ2v) is 23.4. The van der Waals surface area contributed by atoms with Gasteiger partial charge in [-0.25, -0.2) is 0 Å². The maximum absolute atomic E-state index is 6.42. The molecule has 0 N–H and O–H groups in total. The van der Waals surface area contributed by atoms with Gasteiger partial charge in [0.2, 0.25) is 0 Å². The molecule has 0 saturated heterocycles. The van der Waals surface area contributed by atoms with Crippen molar-refractivity contribution in [2.45, 2.75) is 77.9 Å². The summed E-state index contributed by atoms with van der Waals surface area (Å²) >= 11 is 0. The van der Waals surface area contributed by atoms with Gasteiger partial charge in [-0.15, -0.1) is 54.1 Å². The quantitative estimate of drug-likeness (QED) is 0.118. The first-order chi connectivity index (χ1) is 29.0. The first-order valence-corrected chi connectivity index (χ1v) is 25.0. The Bertz CT molecular complexity index is 2930. The van der Waals surface area contributed by atoms with Gasteiger partial charge in [0, 0.05) is 42.9 Å². The molecule has 1 saturated carbocycles. The smallest absolute Gasteiger partial charge is 0.120 e. The zero-order chi connectivity index (χ0) is 41.4. The van der Waals surface area contributed by atoms with E-state index in [0.29, 0.717) is 0 Å². The van der Waals surface area contributed by atoms with Gasteiger partial charge in [-0.2, -0.15) is 0 Å². The van der Waals surface area contributed by atoms with Gasteiger partial charge in [-0.3, -0.25) is 4.98 Å². The number of pyridine rings is 1. The second-order valence-electron chi connectivity index (χ2n) is 18.4. The molecule has 61 heavy (non-hydrogen) atoms. The van der Waals surface area contributed by atoms with E-state index in [1.54, 1.807) is 10.8 Å². The topological polar surface area (TPSA) is 43.9 Å². The summed E-state index contributed by atoms with van der Waals surface area (Å²) in [6, 6.07) is 55.2. The maximum atomic E-state index is 6.42. The van der Waals surface area contributed by atoms with Crippen LogP contribution in [0.2, 0.25) is 19.6 Å². The van der Waals surface area contributed by atoms with Crippen LogP contribution in [0.3, 0.4) is 0 Å². The Labute approximate surface area is 375 Å². The van der Waals surface area contributed by atoms with Crippen molar-refractivity contribution in [2.24, 2.45) is 5.92 Å². The fourth-order valence-electron chi connectivity index (χ4n) is 8.91. The van der Waals surface area contributed by atoms with Crippen LogP contribution in [-0.2, 0) is 31.9 Å². The normalized spacial score (nSPS) is 13.3. The zero-order valence-corrected chi connectivity index (χ0v) is 39.4. The second kappa shape index (κ2) is 17.5. The summed E-state index contributed by atoms with van der Waals surface area (Å²) in [5.74, 6) is 1.70. The van der Waals surface area contributed by atoms with E-state index < -0.39 is 8.07 Å².